The van der Waals surface area contributed by atoms with Crippen molar-refractivity contribution in [3.8, 4) is 0 Å². The first-order valence-electron chi connectivity index (χ1n) is 5.11. The van der Waals surface area contributed by atoms with Gasteiger partial charge in [-0.3, -0.25) is 4.79 Å². The van der Waals surface area contributed by atoms with E-state index in [0.717, 1.165) is 0 Å². The molecule has 0 radical (unpaired) electrons. The summed E-state index contributed by atoms with van der Waals surface area (Å²) in [7, 11) is 0. The number of esters is 1. The molecule has 0 spiro atoms. The molecule has 1 saturated heterocycles. The lowest BCUT2D eigenvalue weighted by Gasteiger charge is -2.28. The molecular weight excluding hydrogens is 224 g/mol. The average molecular weight is 239 g/mol. The van der Waals surface area contributed by atoms with E-state index in [4.69, 9.17) is 9.47 Å². The maximum Gasteiger partial charge on any atom is 0.487 e. The van der Waals surface area contributed by atoms with E-state index in [1.165, 1.54) is 0 Å². The molecule has 1 aliphatic rings. The Hall–Kier alpha value is -0.715. The van der Waals surface area contributed by atoms with Crippen molar-refractivity contribution in [1.82, 2.24) is 0 Å². The first-order chi connectivity index (χ1) is 7.12. The summed E-state index contributed by atoms with van der Waals surface area (Å²) in [5.74, 6) is -2.28. The fraction of sp³-hybridized carbons (Fsp3) is 0.889. The van der Waals surface area contributed by atoms with Crippen molar-refractivity contribution in [3.05, 3.63) is 0 Å². The quantitative estimate of drug-likeness (QED) is 0.547. The summed E-state index contributed by atoms with van der Waals surface area (Å²) in [6, 6.07) is 0. The average Bonchev–Trinajstić information content (AvgIpc) is 2.49. The molecular formula is C9H15BF3O3-. The summed E-state index contributed by atoms with van der Waals surface area (Å²) in [5, 5.41) is 0. The number of rotatable bonds is 2. The van der Waals surface area contributed by atoms with Gasteiger partial charge in [-0.15, -0.1) is 0 Å². The van der Waals surface area contributed by atoms with Crippen LogP contribution in [-0.4, -0.2) is 32.3 Å². The van der Waals surface area contributed by atoms with Gasteiger partial charge in [-0.2, -0.15) is 0 Å². The molecule has 0 saturated carbocycles. The van der Waals surface area contributed by atoms with E-state index in [1.54, 1.807) is 20.8 Å². The van der Waals surface area contributed by atoms with Crippen molar-refractivity contribution in [3.63, 3.8) is 0 Å². The van der Waals surface area contributed by atoms with E-state index in [-0.39, 0.29) is 6.61 Å². The minimum atomic E-state index is -5.03. The van der Waals surface area contributed by atoms with Crippen LogP contribution in [0.5, 0.6) is 0 Å². The van der Waals surface area contributed by atoms with Gasteiger partial charge in [0.25, 0.3) is 0 Å². The molecule has 0 bridgehead atoms. The number of halogens is 3. The first kappa shape index (κ1) is 13.4. The molecule has 1 rings (SSSR count). The van der Waals surface area contributed by atoms with Crippen LogP contribution in [0.3, 0.4) is 0 Å². The Labute approximate surface area is 92.3 Å². The highest BCUT2D eigenvalue weighted by Crippen LogP contribution is 2.36. The second-order valence-corrected chi connectivity index (χ2v) is 5.02. The van der Waals surface area contributed by atoms with E-state index in [2.05, 4.69) is 0 Å². The van der Waals surface area contributed by atoms with Gasteiger partial charge >= 0.3 is 12.9 Å². The predicted octanol–water partition coefficient (Wildman–Crippen LogP) is 2.19. The summed E-state index contributed by atoms with van der Waals surface area (Å²) in [4.78, 5) is 11.5. The van der Waals surface area contributed by atoms with Crippen LogP contribution >= 0.6 is 0 Å². The summed E-state index contributed by atoms with van der Waals surface area (Å²) in [5.41, 5.74) is -0.800. The molecule has 16 heavy (non-hydrogen) atoms. The van der Waals surface area contributed by atoms with E-state index in [1.807, 2.05) is 0 Å². The van der Waals surface area contributed by atoms with Crippen molar-refractivity contribution in [2.75, 3.05) is 13.2 Å². The molecule has 2 unspecified atom stereocenters. The Morgan fingerprint density at radius 2 is 1.88 bits per heavy atom. The van der Waals surface area contributed by atoms with E-state index in [9.17, 15) is 17.7 Å². The Balaban J connectivity index is 2.64. The molecule has 1 fully saturated rings. The number of hydrogen-bond acceptors (Lipinski definition) is 3. The molecule has 0 aromatic rings. The third-order valence-electron chi connectivity index (χ3n) is 2.43. The maximum absolute atomic E-state index is 12.5. The maximum atomic E-state index is 12.5. The van der Waals surface area contributed by atoms with Gasteiger partial charge in [0.05, 0.1) is 12.0 Å². The largest absolute Gasteiger partial charge is 0.487 e. The van der Waals surface area contributed by atoms with Crippen LogP contribution in [0.2, 0.25) is 5.82 Å². The van der Waals surface area contributed by atoms with Gasteiger partial charge in [0.2, 0.25) is 0 Å². The molecule has 7 heteroatoms. The van der Waals surface area contributed by atoms with Crippen LogP contribution < -0.4 is 0 Å². The zero-order chi connectivity index (χ0) is 12.6. The third-order valence-corrected chi connectivity index (χ3v) is 2.43. The normalized spacial score (nSPS) is 26.9. The van der Waals surface area contributed by atoms with Gasteiger partial charge in [-0.25, -0.2) is 0 Å². The van der Waals surface area contributed by atoms with Crippen molar-refractivity contribution in [2.24, 2.45) is 5.41 Å². The number of ether oxygens (including phenoxy) is 2. The lowest BCUT2D eigenvalue weighted by molar-refractivity contribution is -0.158. The molecule has 0 N–H and O–H groups in total. The monoisotopic (exact) mass is 239 g/mol. The third kappa shape index (κ3) is 3.14. The predicted molar refractivity (Wildman–Crippen MR) is 53.0 cm³/mol. The zero-order valence-corrected chi connectivity index (χ0v) is 9.50. The van der Waals surface area contributed by atoms with Crippen molar-refractivity contribution in [2.45, 2.75) is 32.7 Å². The molecule has 1 heterocycles. The molecule has 0 aromatic heterocycles. The Morgan fingerprint density at radius 3 is 2.31 bits per heavy atom. The second-order valence-electron chi connectivity index (χ2n) is 5.02. The van der Waals surface area contributed by atoms with Gasteiger partial charge in [0, 0.05) is 6.61 Å². The SMILES string of the molecule is CC(C)(C)C(=O)OC1COCC1[B-](F)(F)F. The topological polar surface area (TPSA) is 35.5 Å². The first-order valence-corrected chi connectivity index (χ1v) is 5.11. The second kappa shape index (κ2) is 4.27. The van der Waals surface area contributed by atoms with Crippen molar-refractivity contribution < 1.29 is 27.2 Å². The Kier molecular flexibility index (Phi) is 3.57. The van der Waals surface area contributed by atoms with Crippen LogP contribution in [0, 0.1) is 5.41 Å². The van der Waals surface area contributed by atoms with Crippen LogP contribution in [0.1, 0.15) is 20.8 Å². The Bertz CT molecular complexity index is 272. The van der Waals surface area contributed by atoms with Crippen molar-refractivity contribution >= 4 is 12.9 Å². The minimum absolute atomic E-state index is 0.173. The highest BCUT2D eigenvalue weighted by atomic mass is 19.4. The molecule has 0 amide bonds. The van der Waals surface area contributed by atoms with Crippen LogP contribution in [0.25, 0.3) is 0 Å². The minimum Gasteiger partial charge on any atom is -0.462 e. The van der Waals surface area contributed by atoms with E-state index >= 15 is 0 Å². The summed E-state index contributed by atoms with van der Waals surface area (Å²) in [6.45, 7) is -0.827. The van der Waals surface area contributed by atoms with Crippen molar-refractivity contribution in [1.29, 1.82) is 0 Å². The number of hydrogen-bond donors (Lipinski definition) is 0. The van der Waals surface area contributed by atoms with Crippen LogP contribution in [-0.2, 0) is 14.3 Å². The fourth-order valence-electron chi connectivity index (χ4n) is 1.34. The highest BCUT2D eigenvalue weighted by Gasteiger charge is 2.46. The molecule has 0 aliphatic carbocycles. The van der Waals surface area contributed by atoms with Crippen LogP contribution in [0.15, 0.2) is 0 Å². The summed E-state index contributed by atoms with van der Waals surface area (Å²) >= 11 is 0. The lowest BCUT2D eigenvalue weighted by atomic mass is 9.71. The number of carbonyl (C=O) groups excluding carboxylic acids is 1. The summed E-state index contributed by atoms with van der Waals surface area (Å²) < 4.78 is 47.2. The standard InChI is InChI=1S/C9H15BF3O3/c1-9(2,3)8(14)16-7-5-15-4-6(7)10(11,12)13/h6-7H,4-5H2,1-3H3/q-1. The smallest absolute Gasteiger partial charge is 0.462 e. The van der Waals surface area contributed by atoms with Gasteiger partial charge in [0.1, 0.15) is 6.10 Å². The zero-order valence-electron chi connectivity index (χ0n) is 9.50. The molecule has 1 aliphatic heterocycles. The molecule has 0 aromatic carbocycles. The van der Waals surface area contributed by atoms with Crippen LogP contribution in [0.4, 0.5) is 12.9 Å². The summed E-state index contributed by atoms with van der Waals surface area (Å²) in [6.07, 6.45) is -1.19. The Morgan fingerprint density at radius 1 is 1.31 bits per heavy atom. The van der Waals surface area contributed by atoms with Gasteiger partial charge in [-0.1, -0.05) is 0 Å². The molecule has 2 atom stereocenters. The lowest BCUT2D eigenvalue weighted by Crippen LogP contribution is -2.37. The van der Waals surface area contributed by atoms with E-state index < -0.39 is 36.9 Å². The van der Waals surface area contributed by atoms with E-state index in [0.29, 0.717) is 0 Å². The number of carbonyl (C=O) groups is 1. The van der Waals surface area contributed by atoms with Gasteiger partial charge in [-0.05, 0) is 26.6 Å². The van der Waals surface area contributed by atoms with Gasteiger partial charge in [0.15, 0.2) is 0 Å². The fourth-order valence-corrected chi connectivity index (χ4v) is 1.34. The highest BCUT2D eigenvalue weighted by molar-refractivity contribution is 6.60. The van der Waals surface area contributed by atoms with Gasteiger partial charge < -0.3 is 22.4 Å². The molecule has 94 valence electrons. The molecule has 3 nitrogen and oxygen atoms in total.